The highest BCUT2D eigenvalue weighted by Crippen LogP contribution is 2.29. The lowest BCUT2D eigenvalue weighted by molar-refractivity contribution is 0.575. The molecule has 17 heavy (non-hydrogen) atoms. The fraction of sp³-hybridized carbons (Fsp3) is 0.400. The monoisotopic (exact) mass is 252 g/mol. The van der Waals surface area contributed by atoms with E-state index >= 15 is 0 Å². The van der Waals surface area contributed by atoms with Gasteiger partial charge in [0.05, 0.1) is 29.3 Å². The summed E-state index contributed by atoms with van der Waals surface area (Å²) in [5.41, 5.74) is 7.40. The number of sulfone groups is 1. The highest BCUT2D eigenvalue weighted by molar-refractivity contribution is 7.91. The van der Waals surface area contributed by atoms with E-state index in [1.807, 2.05) is 10.6 Å². The Morgan fingerprint density at radius 3 is 3.00 bits per heavy atom. The highest BCUT2D eigenvalue weighted by atomic mass is 32.2. The molecule has 6 nitrogen and oxygen atoms in total. The maximum absolute atomic E-state index is 11.5. The summed E-state index contributed by atoms with van der Waals surface area (Å²) in [4.78, 5) is 8.16. The van der Waals surface area contributed by atoms with Crippen LogP contribution in [0.3, 0.4) is 0 Å². The van der Waals surface area contributed by atoms with Crippen LogP contribution in [0.1, 0.15) is 12.5 Å². The van der Waals surface area contributed by atoms with E-state index in [0.29, 0.717) is 17.9 Å². The fourth-order valence-corrected chi connectivity index (χ4v) is 4.03. The summed E-state index contributed by atoms with van der Waals surface area (Å²) >= 11 is 0. The third-order valence-electron chi connectivity index (χ3n) is 3.09. The van der Waals surface area contributed by atoms with Gasteiger partial charge in [-0.25, -0.2) is 13.4 Å². The molecule has 7 heteroatoms. The van der Waals surface area contributed by atoms with Crippen molar-refractivity contribution in [1.82, 2.24) is 14.5 Å². The molecule has 3 rings (SSSR count). The van der Waals surface area contributed by atoms with Crippen LogP contribution in [0.25, 0.3) is 11.0 Å². The fourth-order valence-electron chi connectivity index (χ4n) is 2.33. The zero-order valence-corrected chi connectivity index (χ0v) is 9.89. The third-order valence-corrected chi connectivity index (χ3v) is 4.84. The predicted molar refractivity (Wildman–Crippen MR) is 64.2 cm³/mol. The van der Waals surface area contributed by atoms with Crippen LogP contribution in [-0.4, -0.2) is 34.5 Å². The van der Waals surface area contributed by atoms with Crippen molar-refractivity contribution in [2.45, 2.75) is 12.5 Å². The molecule has 1 fully saturated rings. The molecule has 0 bridgehead atoms. The zero-order valence-electron chi connectivity index (χ0n) is 9.07. The normalized spacial score (nSPS) is 23.2. The molecule has 1 atom stereocenters. The number of hydrogen-bond acceptors (Lipinski definition) is 5. The summed E-state index contributed by atoms with van der Waals surface area (Å²) in [6.45, 7) is 0. The summed E-state index contributed by atoms with van der Waals surface area (Å²) in [5.74, 6) is 0.724. The van der Waals surface area contributed by atoms with Crippen molar-refractivity contribution in [3.8, 4) is 0 Å². The Bertz CT molecular complexity index is 677. The van der Waals surface area contributed by atoms with Crippen molar-refractivity contribution >= 4 is 26.8 Å². The first-order valence-corrected chi connectivity index (χ1v) is 7.17. The molecule has 0 aromatic carbocycles. The van der Waals surface area contributed by atoms with E-state index in [0.717, 1.165) is 5.52 Å². The standard InChI is InChI=1S/C10H12N4O2S/c11-10-13-8-5-12-3-1-9(8)14(10)7-2-4-17(15,16)6-7/h1,3,5,7H,2,4,6H2,(H2,11,13). The van der Waals surface area contributed by atoms with Gasteiger partial charge in [-0.05, 0) is 12.5 Å². The van der Waals surface area contributed by atoms with E-state index in [1.165, 1.54) is 0 Å². The van der Waals surface area contributed by atoms with Crippen LogP contribution in [0.4, 0.5) is 5.95 Å². The maximum Gasteiger partial charge on any atom is 0.201 e. The number of nitrogen functional groups attached to an aromatic ring is 1. The Kier molecular flexibility index (Phi) is 2.12. The summed E-state index contributed by atoms with van der Waals surface area (Å²) in [6.07, 6.45) is 3.88. The summed E-state index contributed by atoms with van der Waals surface area (Å²) < 4.78 is 24.8. The van der Waals surface area contributed by atoms with Gasteiger partial charge in [-0.15, -0.1) is 0 Å². The van der Waals surface area contributed by atoms with Crippen LogP contribution in [0.15, 0.2) is 18.5 Å². The van der Waals surface area contributed by atoms with Crippen LogP contribution in [-0.2, 0) is 9.84 Å². The molecule has 3 heterocycles. The molecule has 90 valence electrons. The molecule has 1 aliphatic rings. The molecule has 0 amide bonds. The van der Waals surface area contributed by atoms with E-state index in [1.54, 1.807) is 12.4 Å². The van der Waals surface area contributed by atoms with Gasteiger partial charge < -0.3 is 10.3 Å². The van der Waals surface area contributed by atoms with Gasteiger partial charge in [0.1, 0.15) is 5.52 Å². The minimum atomic E-state index is -2.93. The molecule has 2 aromatic heterocycles. The third kappa shape index (κ3) is 1.66. The van der Waals surface area contributed by atoms with Gasteiger partial charge in [-0.3, -0.25) is 4.98 Å². The number of imidazole rings is 1. The van der Waals surface area contributed by atoms with Gasteiger partial charge in [0, 0.05) is 6.20 Å². The van der Waals surface area contributed by atoms with Gasteiger partial charge in [0.2, 0.25) is 5.95 Å². The van der Waals surface area contributed by atoms with Crippen molar-refractivity contribution in [2.24, 2.45) is 0 Å². The van der Waals surface area contributed by atoms with E-state index in [9.17, 15) is 8.42 Å². The Labute approximate surface area is 98.4 Å². The Balaban J connectivity index is 2.15. The smallest absolute Gasteiger partial charge is 0.201 e. The number of aromatic nitrogens is 3. The molecule has 1 saturated heterocycles. The Morgan fingerprint density at radius 1 is 1.47 bits per heavy atom. The van der Waals surface area contributed by atoms with Crippen LogP contribution in [0.2, 0.25) is 0 Å². The van der Waals surface area contributed by atoms with Crippen molar-refractivity contribution in [3.05, 3.63) is 18.5 Å². The zero-order chi connectivity index (χ0) is 12.0. The van der Waals surface area contributed by atoms with Crippen molar-refractivity contribution in [3.63, 3.8) is 0 Å². The first-order valence-electron chi connectivity index (χ1n) is 5.35. The lowest BCUT2D eigenvalue weighted by Gasteiger charge is -2.12. The largest absolute Gasteiger partial charge is 0.369 e. The number of nitrogens with zero attached hydrogens (tertiary/aromatic N) is 3. The SMILES string of the molecule is Nc1nc2cnccc2n1C1CCS(=O)(=O)C1. The molecule has 1 unspecified atom stereocenters. The maximum atomic E-state index is 11.5. The van der Waals surface area contributed by atoms with E-state index in [4.69, 9.17) is 5.73 Å². The summed E-state index contributed by atoms with van der Waals surface area (Å²) in [5, 5.41) is 0. The lowest BCUT2D eigenvalue weighted by atomic mass is 10.2. The molecule has 0 spiro atoms. The van der Waals surface area contributed by atoms with Gasteiger partial charge in [-0.2, -0.15) is 0 Å². The van der Waals surface area contributed by atoms with Crippen LogP contribution >= 0.6 is 0 Å². The number of hydrogen-bond donors (Lipinski definition) is 1. The Morgan fingerprint density at radius 2 is 2.29 bits per heavy atom. The van der Waals surface area contributed by atoms with Gasteiger partial charge in [0.15, 0.2) is 9.84 Å². The molecule has 0 radical (unpaired) electrons. The van der Waals surface area contributed by atoms with E-state index in [2.05, 4.69) is 9.97 Å². The quantitative estimate of drug-likeness (QED) is 0.792. The van der Waals surface area contributed by atoms with E-state index < -0.39 is 9.84 Å². The van der Waals surface area contributed by atoms with Crippen LogP contribution < -0.4 is 5.73 Å². The first kappa shape index (κ1) is 10.5. The van der Waals surface area contributed by atoms with Crippen molar-refractivity contribution in [1.29, 1.82) is 0 Å². The number of pyridine rings is 1. The van der Waals surface area contributed by atoms with Gasteiger partial charge in [-0.1, -0.05) is 0 Å². The Hall–Kier alpha value is -1.63. The molecular formula is C10H12N4O2S. The average Bonchev–Trinajstić information content (AvgIpc) is 2.77. The summed E-state index contributed by atoms with van der Waals surface area (Å²) in [7, 11) is -2.93. The lowest BCUT2D eigenvalue weighted by Crippen LogP contribution is -2.13. The van der Waals surface area contributed by atoms with Gasteiger partial charge in [0.25, 0.3) is 0 Å². The number of fused-ring (bicyclic) bond motifs is 1. The number of anilines is 1. The summed E-state index contributed by atoms with van der Waals surface area (Å²) in [6, 6.07) is 1.70. The van der Waals surface area contributed by atoms with E-state index in [-0.39, 0.29) is 17.5 Å². The molecular weight excluding hydrogens is 240 g/mol. The van der Waals surface area contributed by atoms with Crippen molar-refractivity contribution in [2.75, 3.05) is 17.2 Å². The second-order valence-electron chi connectivity index (χ2n) is 4.26. The molecule has 0 aliphatic carbocycles. The minimum Gasteiger partial charge on any atom is -0.369 e. The molecule has 0 saturated carbocycles. The van der Waals surface area contributed by atoms with Gasteiger partial charge >= 0.3 is 0 Å². The number of nitrogens with two attached hydrogens (primary N) is 1. The highest BCUT2D eigenvalue weighted by Gasteiger charge is 2.31. The minimum absolute atomic E-state index is 0.104. The topological polar surface area (TPSA) is 90.9 Å². The first-order chi connectivity index (χ1) is 8.07. The van der Waals surface area contributed by atoms with Crippen LogP contribution in [0.5, 0.6) is 0 Å². The molecule has 1 aliphatic heterocycles. The van der Waals surface area contributed by atoms with Crippen molar-refractivity contribution < 1.29 is 8.42 Å². The average molecular weight is 252 g/mol. The van der Waals surface area contributed by atoms with Crippen LogP contribution in [0, 0.1) is 0 Å². The molecule has 2 aromatic rings. The second-order valence-corrected chi connectivity index (χ2v) is 6.49. The number of rotatable bonds is 1. The second kappa shape index (κ2) is 3.43. The molecule has 2 N–H and O–H groups in total. The predicted octanol–water partition coefficient (Wildman–Crippen LogP) is 0.373.